The van der Waals surface area contributed by atoms with Crippen molar-refractivity contribution in [3.63, 3.8) is 0 Å². The molecule has 0 unspecified atom stereocenters. The van der Waals surface area contributed by atoms with Gasteiger partial charge in [0.25, 0.3) is 0 Å². The van der Waals surface area contributed by atoms with Crippen LogP contribution in [0.1, 0.15) is 33.1 Å². The molecule has 112 valence electrons. The van der Waals surface area contributed by atoms with Crippen molar-refractivity contribution in [2.24, 2.45) is 5.92 Å². The summed E-state index contributed by atoms with van der Waals surface area (Å²) in [6.45, 7) is 7.70. The standard InChI is InChI=1S/C13H26N2O3S/c1-3-15-8-11(2)13(9-15)14-19(16,17)10-12-6-4-5-7-18-12/h11-14H,3-10H2,1-2H3/t11-,12-,13+/m0/s1. The van der Waals surface area contributed by atoms with Gasteiger partial charge in [0.2, 0.25) is 10.0 Å². The van der Waals surface area contributed by atoms with E-state index in [0.29, 0.717) is 12.5 Å². The van der Waals surface area contributed by atoms with Gasteiger partial charge in [0, 0.05) is 25.7 Å². The number of likely N-dealkylation sites (N-methyl/N-ethyl adjacent to an activating group) is 1. The molecule has 3 atom stereocenters. The van der Waals surface area contributed by atoms with Crippen molar-refractivity contribution in [2.75, 3.05) is 32.0 Å². The number of hydrogen-bond donors (Lipinski definition) is 1. The fourth-order valence-electron chi connectivity index (χ4n) is 2.94. The summed E-state index contributed by atoms with van der Waals surface area (Å²) in [7, 11) is -3.23. The van der Waals surface area contributed by atoms with Crippen LogP contribution in [-0.4, -0.2) is 57.5 Å². The Kier molecular flexibility index (Phi) is 5.22. The van der Waals surface area contributed by atoms with E-state index in [1.165, 1.54) is 0 Å². The van der Waals surface area contributed by atoms with Crippen LogP contribution in [0.4, 0.5) is 0 Å². The minimum absolute atomic E-state index is 0.0496. The number of nitrogens with zero attached hydrogens (tertiary/aromatic N) is 1. The first-order valence-corrected chi connectivity index (χ1v) is 8.99. The van der Waals surface area contributed by atoms with E-state index in [0.717, 1.165) is 38.9 Å². The maximum absolute atomic E-state index is 12.2. The topological polar surface area (TPSA) is 58.6 Å². The van der Waals surface area contributed by atoms with Gasteiger partial charge in [-0.2, -0.15) is 0 Å². The summed E-state index contributed by atoms with van der Waals surface area (Å²) >= 11 is 0. The van der Waals surface area contributed by atoms with E-state index in [1.807, 2.05) is 0 Å². The lowest BCUT2D eigenvalue weighted by Gasteiger charge is -2.24. The van der Waals surface area contributed by atoms with Gasteiger partial charge in [-0.05, 0) is 31.7 Å². The largest absolute Gasteiger partial charge is 0.377 e. The molecular formula is C13H26N2O3S. The fraction of sp³-hybridized carbons (Fsp3) is 1.00. The van der Waals surface area contributed by atoms with Crippen molar-refractivity contribution in [2.45, 2.75) is 45.3 Å². The monoisotopic (exact) mass is 290 g/mol. The van der Waals surface area contributed by atoms with Crippen LogP contribution >= 0.6 is 0 Å². The first kappa shape index (κ1) is 15.2. The normalized spacial score (nSPS) is 33.7. The molecule has 5 nitrogen and oxygen atoms in total. The van der Waals surface area contributed by atoms with Crippen LogP contribution < -0.4 is 4.72 Å². The maximum atomic E-state index is 12.2. The highest BCUT2D eigenvalue weighted by atomic mass is 32.2. The Hall–Kier alpha value is -0.170. The summed E-state index contributed by atoms with van der Waals surface area (Å²) < 4.78 is 32.8. The third-order valence-electron chi connectivity index (χ3n) is 4.15. The molecule has 19 heavy (non-hydrogen) atoms. The van der Waals surface area contributed by atoms with Crippen molar-refractivity contribution in [1.29, 1.82) is 0 Å². The summed E-state index contributed by atoms with van der Waals surface area (Å²) in [5.41, 5.74) is 0. The average Bonchev–Trinajstić information content (AvgIpc) is 2.70. The molecule has 6 heteroatoms. The van der Waals surface area contributed by atoms with E-state index in [2.05, 4.69) is 23.5 Å². The van der Waals surface area contributed by atoms with Crippen LogP contribution in [0.25, 0.3) is 0 Å². The number of rotatable bonds is 5. The van der Waals surface area contributed by atoms with Crippen LogP contribution in [0, 0.1) is 5.92 Å². The highest BCUT2D eigenvalue weighted by Gasteiger charge is 2.32. The third-order valence-corrected chi connectivity index (χ3v) is 5.62. The van der Waals surface area contributed by atoms with E-state index < -0.39 is 10.0 Å². The Labute approximate surface area is 116 Å². The predicted octanol–water partition coefficient (Wildman–Crippen LogP) is 0.815. The summed E-state index contributed by atoms with van der Waals surface area (Å²) in [5.74, 6) is 0.490. The Balaban J connectivity index is 1.86. The minimum atomic E-state index is -3.23. The van der Waals surface area contributed by atoms with Crippen LogP contribution in [-0.2, 0) is 14.8 Å². The van der Waals surface area contributed by atoms with Crippen LogP contribution in [0.5, 0.6) is 0 Å². The average molecular weight is 290 g/mol. The van der Waals surface area contributed by atoms with Gasteiger partial charge in [-0.1, -0.05) is 13.8 Å². The molecule has 0 spiro atoms. The third kappa shape index (κ3) is 4.41. The number of likely N-dealkylation sites (tertiary alicyclic amines) is 1. The van der Waals surface area contributed by atoms with Crippen molar-refractivity contribution >= 4 is 10.0 Å². The number of ether oxygens (including phenoxy) is 1. The quantitative estimate of drug-likeness (QED) is 0.814. The first-order valence-electron chi connectivity index (χ1n) is 7.34. The van der Waals surface area contributed by atoms with Gasteiger partial charge < -0.3 is 9.64 Å². The van der Waals surface area contributed by atoms with E-state index >= 15 is 0 Å². The van der Waals surface area contributed by atoms with Crippen molar-refractivity contribution in [3.05, 3.63) is 0 Å². The summed E-state index contributed by atoms with van der Waals surface area (Å²) in [5, 5.41) is 0. The second kappa shape index (κ2) is 6.52. The molecule has 1 N–H and O–H groups in total. The molecule has 2 fully saturated rings. The van der Waals surface area contributed by atoms with Gasteiger partial charge in [-0.25, -0.2) is 13.1 Å². The first-order chi connectivity index (χ1) is 9.00. The smallest absolute Gasteiger partial charge is 0.214 e. The maximum Gasteiger partial charge on any atom is 0.214 e. The second-order valence-electron chi connectivity index (χ2n) is 5.82. The lowest BCUT2D eigenvalue weighted by molar-refractivity contribution is 0.0303. The number of sulfonamides is 1. The minimum Gasteiger partial charge on any atom is -0.377 e. The molecule has 0 aromatic rings. The molecule has 0 aromatic carbocycles. The highest BCUT2D eigenvalue weighted by Crippen LogP contribution is 2.18. The Bertz CT molecular complexity index is 379. The Morgan fingerprint density at radius 3 is 2.68 bits per heavy atom. The zero-order valence-corrected chi connectivity index (χ0v) is 12.8. The lowest BCUT2D eigenvalue weighted by Crippen LogP contribution is -2.43. The van der Waals surface area contributed by atoms with Gasteiger partial charge in [0.05, 0.1) is 11.9 Å². The molecular weight excluding hydrogens is 264 g/mol. The van der Waals surface area contributed by atoms with E-state index in [4.69, 9.17) is 4.74 Å². The molecule has 2 rings (SSSR count). The van der Waals surface area contributed by atoms with Crippen molar-refractivity contribution < 1.29 is 13.2 Å². The summed E-state index contributed by atoms with van der Waals surface area (Å²) in [6.07, 6.45) is 2.87. The van der Waals surface area contributed by atoms with Gasteiger partial charge >= 0.3 is 0 Å². The lowest BCUT2D eigenvalue weighted by atomic mass is 10.1. The Morgan fingerprint density at radius 2 is 2.11 bits per heavy atom. The van der Waals surface area contributed by atoms with Gasteiger partial charge in [0.1, 0.15) is 0 Å². The molecule has 0 aromatic heterocycles. The zero-order valence-electron chi connectivity index (χ0n) is 12.0. The molecule has 0 bridgehead atoms. The molecule has 0 aliphatic carbocycles. The predicted molar refractivity (Wildman–Crippen MR) is 75.6 cm³/mol. The molecule has 0 amide bonds. The van der Waals surface area contributed by atoms with E-state index in [-0.39, 0.29) is 17.9 Å². The van der Waals surface area contributed by atoms with Crippen LogP contribution in [0.3, 0.4) is 0 Å². The Morgan fingerprint density at radius 1 is 1.32 bits per heavy atom. The van der Waals surface area contributed by atoms with Crippen molar-refractivity contribution in [1.82, 2.24) is 9.62 Å². The molecule has 2 saturated heterocycles. The molecule has 2 aliphatic rings. The van der Waals surface area contributed by atoms with Crippen LogP contribution in [0.2, 0.25) is 0 Å². The molecule has 2 heterocycles. The zero-order chi connectivity index (χ0) is 13.9. The molecule has 0 saturated carbocycles. The van der Waals surface area contributed by atoms with Gasteiger partial charge in [0.15, 0.2) is 0 Å². The van der Waals surface area contributed by atoms with Gasteiger partial charge in [-0.15, -0.1) is 0 Å². The van der Waals surface area contributed by atoms with Gasteiger partial charge in [-0.3, -0.25) is 0 Å². The van der Waals surface area contributed by atoms with Crippen LogP contribution in [0.15, 0.2) is 0 Å². The SMILES string of the molecule is CCN1C[C@H](C)[C@H](NS(=O)(=O)C[C@@H]2CCCCO2)C1. The van der Waals surface area contributed by atoms with E-state index in [9.17, 15) is 8.42 Å². The molecule has 0 radical (unpaired) electrons. The molecule has 2 aliphatic heterocycles. The summed E-state index contributed by atoms with van der Waals surface area (Å²) in [4.78, 5) is 2.29. The summed E-state index contributed by atoms with van der Waals surface area (Å²) in [6, 6.07) is 0.0496. The second-order valence-corrected chi connectivity index (χ2v) is 7.62. The fourth-order valence-corrected chi connectivity index (χ4v) is 4.56. The highest BCUT2D eigenvalue weighted by molar-refractivity contribution is 7.89. The number of hydrogen-bond acceptors (Lipinski definition) is 4. The number of nitrogens with one attached hydrogen (secondary N) is 1. The van der Waals surface area contributed by atoms with E-state index in [1.54, 1.807) is 0 Å². The van der Waals surface area contributed by atoms with Crippen molar-refractivity contribution in [3.8, 4) is 0 Å².